The molecule has 5 heteroatoms. The Balaban J connectivity index is 2.18. The van der Waals surface area contributed by atoms with Gasteiger partial charge in [-0.2, -0.15) is 0 Å². The summed E-state index contributed by atoms with van der Waals surface area (Å²) in [7, 11) is 0. The van der Waals surface area contributed by atoms with Gasteiger partial charge in [0.25, 0.3) is 0 Å². The minimum Gasteiger partial charge on any atom is -0.378 e. The van der Waals surface area contributed by atoms with Gasteiger partial charge in [0.2, 0.25) is 5.91 Å². The number of rotatable bonds is 7. The van der Waals surface area contributed by atoms with Gasteiger partial charge in [-0.1, -0.05) is 28.1 Å². The van der Waals surface area contributed by atoms with Gasteiger partial charge in [0, 0.05) is 16.9 Å². The standard InChI is InChI=1S/C12H15BrClNO2/c13-11-3-1-10(2-4-11)9-12(16)15-6-8-17-7-5-14/h1-4H,5-9H2,(H,15,16). The molecule has 0 unspecified atom stereocenters. The SMILES string of the molecule is O=C(Cc1ccc(Br)cc1)NCCOCCCl. The summed E-state index contributed by atoms with van der Waals surface area (Å²) in [6.45, 7) is 1.54. The van der Waals surface area contributed by atoms with Gasteiger partial charge in [-0.15, -0.1) is 11.6 Å². The summed E-state index contributed by atoms with van der Waals surface area (Å²) in [6.07, 6.45) is 0.392. The van der Waals surface area contributed by atoms with Crippen LogP contribution in [0.15, 0.2) is 28.7 Å². The normalized spacial score (nSPS) is 10.2. The molecule has 0 spiro atoms. The molecular weight excluding hydrogens is 305 g/mol. The molecule has 94 valence electrons. The van der Waals surface area contributed by atoms with Crippen LogP contribution < -0.4 is 5.32 Å². The molecule has 1 N–H and O–H groups in total. The van der Waals surface area contributed by atoms with E-state index in [2.05, 4.69) is 21.2 Å². The topological polar surface area (TPSA) is 38.3 Å². The third-order valence-corrected chi connectivity index (χ3v) is 2.75. The van der Waals surface area contributed by atoms with E-state index in [0.29, 0.717) is 32.1 Å². The summed E-state index contributed by atoms with van der Waals surface area (Å²) >= 11 is 8.80. The Kier molecular flexibility index (Phi) is 7.24. The molecule has 1 rings (SSSR count). The summed E-state index contributed by atoms with van der Waals surface area (Å²) < 4.78 is 6.16. The Bertz CT molecular complexity index is 343. The van der Waals surface area contributed by atoms with Crippen molar-refractivity contribution in [3.63, 3.8) is 0 Å². The molecule has 0 aliphatic carbocycles. The molecule has 0 bridgehead atoms. The molecule has 1 amide bonds. The number of nitrogens with one attached hydrogen (secondary N) is 1. The van der Waals surface area contributed by atoms with Crippen molar-refractivity contribution in [3.05, 3.63) is 34.3 Å². The van der Waals surface area contributed by atoms with Gasteiger partial charge in [0.1, 0.15) is 0 Å². The second kappa shape index (κ2) is 8.50. The van der Waals surface area contributed by atoms with Crippen LogP contribution in [0.5, 0.6) is 0 Å². The lowest BCUT2D eigenvalue weighted by Gasteiger charge is -2.05. The molecule has 17 heavy (non-hydrogen) atoms. The highest BCUT2D eigenvalue weighted by molar-refractivity contribution is 9.10. The molecule has 0 aliphatic rings. The maximum atomic E-state index is 11.5. The van der Waals surface area contributed by atoms with Crippen LogP contribution in [0.1, 0.15) is 5.56 Å². The minimum absolute atomic E-state index is 0.00166. The number of carbonyl (C=O) groups is 1. The third-order valence-electron chi connectivity index (χ3n) is 2.07. The van der Waals surface area contributed by atoms with Crippen molar-refractivity contribution in [1.29, 1.82) is 0 Å². The lowest BCUT2D eigenvalue weighted by molar-refractivity contribution is -0.120. The highest BCUT2D eigenvalue weighted by Gasteiger charge is 2.02. The van der Waals surface area contributed by atoms with E-state index < -0.39 is 0 Å². The zero-order chi connectivity index (χ0) is 12.5. The van der Waals surface area contributed by atoms with E-state index in [-0.39, 0.29) is 5.91 Å². The molecule has 1 aromatic rings. The van der Waals surface area contributed by atoms with Crippen molar-refractivity contribution in [2.45, 2.75) is 6.42 Å². The first kappa shape index (κ1) is 14.5. The van der Waals surface area contributed by atoms with Crippen LogP contribution in [0.3, 0.4) is 0 Å². The number of alkyl halides is 1. The molecular formula is C12H15BrClNO2. The van der Waals surface area contributed by atoms with E-state index in [0.717, 1.165) is 10.0 Å². The largest absolute Gasteiger partial charge is 0.378 e. The summed E-state index contributed by atoms with van der Waals surface area (Å²) in [5.41, 5.74) is 0.993. The number of carbonyl (C=O) groups excluding carboxylic acids is 1. The van der Waals surface area contributed by atoms with E-state index in [4.69, 9.17) is 16.3 Å². The average molecular weight is 321 g/mol. The zero-order valence-electron chi connectivity index (χ0n) is 9.42. The van der Waals surface area contributed by atoms with Crippen molar-refractivity contribution in [3.8, 4) is 0 Å². The van der Waals surface area contributed by atoms with Crippen LogP contribution in [-0.2, 0) is 16.0 Å². The summed E-state index contributed by atoms with van der Waals surface area (Å²) in [4.78, 5) is 11.5. The van der Waals surface area contributed by atoms with E-state index in [1.54, 1.807) is 0 Å². The van der Waals surface area contributed by atoms with Crippen LogP contribution in [0.2, 0.25) is 0 Å². The highest BCUT2D eigenvalue weighted by atomic mass is 79.9. The maximum absolute atomic E-state index is 11.5. The van der Waals surface area contributed by atoms with Gasteiger partial charge < -0.3 is 10.1 Å². The molecule has 0 heterocycles. The summed E-state index contributed by atoms with van der Waals surface area (Å²) in [5.74, 6) is 0.481. The number of amides is 1. The van der Waals surface area contributed by atoms with Crippen molar-refractivity contribution in [2.75, 3.05) is 25.6 Å². The van der Waals surface area contributed by atoms with Crippen LogP contribution >= 0.6 is 27.5 Å². The Morgan fingerprint density at radius 1 is 1.29 bits per heavy atom. The van der Waals surface area contributed by atoms with Gasteiger partial charge in [-0.05, 0) is 17.7 Å². The minimum atomic E-state index is 0.00166. The lowest BCUT2D eigenvalue weighted by Crippen LogP contribution is -2.28. The first-order valence-electron chi connectivity index (χ1n) is 5.37. The van der Waals surface area contributed by atoms with Crippen molar-refractivity contribution >= 4 is 33.4 Å². The van der Waals surface area contributed by atoms with Gasteiger partial charge in [-0.25, -0.2) is 0 Å². The highest BCUT2D eigenvalue weighted by Crippen LogP contribution is 2.10. The molecule has 0 fully saturated rings. The Morgan fingerprint density at radius 3 is 2.65 bits per heavy atom. The average Bonchev–Trinajstić information content (AvgIpc) is 2.32. The van der Waals surface area contributed by atoms with E-state index in [9.17, 15) is 4.79 Å². The van der Waals surface area contributed by atoms with Crippen molar-refractivity contribution in [1.82, 2.24) is 5.32 Å². The molecule has 0 radical (unpaired) electrons. The third kappa shape index (κ3) is 6.66. The molecule has 0 saturated carbocycles. The van der Waals surface area contributed by atoms with Crippen molar-refractivity contribution in [2.24, 2.45) is 0 Å². The fourth-order valence-electron chi connectivity index (χ4n) is 1.27. The number of hydrogen-bond donors (Lipinski definition) is 1. The van der Waals surface area contributed by atoms with Crippen LogP contribution in [0.25, 0.3) is 0 Å². The smallest absolute Gasteiger partial charge is 0.224 e. The molecule has 0 atom stereocenters. The summed E-state index contributed by atoms with van der Waals surface area (Å²) in [6, 6.07) is 7.69. The zero-order valence-corrected chi connectivity index (χ0v) is 11.8. The Labute approximate surface area is 115 Å². The lowest BCUT2D eigenvalue weighted by atomic mass is 10.1. The van der Waals surface area contributed by atoms with Gasteiger partial charge in [-0.3, -0.25) is 4.79 Å². The second-order valence-corrected chi connectivity index (χ2v) is 4.75. The first-order valence-corrected chi connectivity index (χ1v) is 6.70. The molecule has 0 aliphatic heterocycles. The predicted octanol–water partition coefficient (Wildman–Crippen LogP) is 2.36. The molecule has 3 nitrogen and oxygen atoms in total. The number of benzene rings is 1. The monoisotopic (exact) mass is 319 g/mol. The van der Waals surface area contributed by atoms with Crippen molar-refractivity contribution < 1.29 is 9.53 Å². The van der Waals surface area contributed by atoms with Crippen LogP contribution in [-0.4, -0.2) is 31.5 Å². The fourth-order valence-corrected chi connectivity index (χ4v) is 1.64. The summed E-state index contributed by atoms with van der Waals surface area (Å²) in [5, 5.41) is 2.79. The second-order valence-electron chi connectivity index (χ2n) is 3.45. The molecule has 0 aromatic heterocycles. The van der Waals surface area contributed by atoms with Crippen LogP contribution in [0.4, 0.5) is 0 Å². The number of halogens is 2. The molecule has 0 saturated heterocycles. The predicted molar refractivity (Wildman–Crippen MR) is 72.4 cm³/mol. The van der Waals surface area contributed by atoms with E-state index in [1.807, 2.05) is 24.3 Å². The fraction of sp³-hybridized carbons (Fsp3) is 0.417. The quantitative estimate of drug-likeness (QED) is 0.619. The van der Waals surface area contributed by atoms with Gasteiger partial charge in [0.05, 0.1) is 19.6 Å². The van der Waals surface area contributed by atoms with E-state index in [1.165, 1.54) is 0 Å². The van der Waals surface area contributed by atoms with Gasteiger partial charge in [0.15, 0.2) is 0 Å². The van der Waals surface area contributed by atoms with E-state index >= 15 is 0 Å². The first-order chi connectivity index (χ1) is 8.22. The molecule has 1 aromatic carbocycles. The van der Waals surface area contributed by atoms with Crippen LogP contribution in [0, 0.1) is 0 Å². The maximum Gasteiger partial charge on any atom is 0.224 e. The number of ether oxygens (including phenoxy) is 1. The number of hydrogen-bond acceptors (Lipinski definition) is 2. The Morgan fingerprint density at radius 2 is 2.00 bits per heavy atom. The Hall–Kier alpha value is -0.580. The van der Waals surface area contributed by atoms with Gasteiger partial charge >= 0.3 is 0 Å².